The lowest BCUT2D eigenvalue weighted by Gasteiger charge is -2.11. The number of amides is 1. The summed E-state index contributed by atoms with van der Waals surface area (Å²) in [6.07, 6.45) is 7.66. The van der Waals surface area contributed by atoms with Crippen molar-refractivity contribution in [2.45, 2.75) is 26.4 Å². The van der Waals surface area contributed by atoms with E-state index < -0.39 is 6.09 Å². The fourth-order valence-corrected chi connectivity index (χ4v) is 2.64. The number of likely N-dealkylation sites (N-methyl/N-ethyl adjacent to an activating group) is 1. The van der Waals surface area contributed by atoms with Gasteiger partial charge in [0.2, 0.25) is 0 Å². The highest BCUT2D eigenvalue weighted by molar-refractivity contribution is 7.10. The van der Waals surface area contributed by atoms with Gasteiger partial charge in [-0.05, 0) is 42.6 Å². The van der Waals surface area contributed by atoms with Gasteiger partial charge in [-0.2, -0.15) is 0 Å². The number of allylic oxidation sites excluding steroid dienone is 3. The molecular weight excluding hydrogens is 308 g/mol. The summed E-state index contributed by atoms with van der Waals surface area (Å²) in [7, 11) is 2.02. The van der Waals surface area contributed by atoms with E-state index in [-0.39, 0.29) is 6.10 Å². The number of rotatable bonds is 5. The van der Waals surface area contributed by atoms with Crippen LogP contribution in [-0.2, 0) is 4.74 Å². The topological polar surface area (TPSA) is 41.6 Å². The molecule has 0 spiro atoms. The lowest BCUT2D eigenvalue weighted by Crippen LogP contribution is -2.27. The molecule has 1 aromatic rings. The zero-order valence-corrected chi connectivity index (χ0v) is 14.9. The van der Waals surface area contributed by atoms with Gasteiger partial charge in [0.1, 0.15) is 6.10 Å². The van der Waals surface area contributed by atoms with Crippen LogP contribution in [0.2, 0.25) is 0 Å². The molecule has 0 saturated carbocycles. The monoisotopic (exact) mass is 334 g/mol. The minimum Gasteiger partial charge on any atom is -0.445 e. The molecular formula is C18H26N2O2S. The summed E-state index contributed by atoms with van der Waals surface area (Å²) in [5.41, 5.74) is 0.810. The molecule has 0 bridgehead atoms. The van der Waals surface area contributed by atoms with E-state index in [1.807, 2.05) is 50.6 Å². The lowest BCUT2D eigenvalue weighted by molar-refractivity contribution is 0.105. The number of hydrogen-bond donors (Lipinski definition) is 1. The Hall–Kier alpha value is -1.85. The summed E-state index contributed by atoms with van der Waals surface area (Å²) in [5.74, 6) is 0. The zero-order chi connectivity index (χ0) is 17.1. The van der Waals surface area contributed by atoms with Crippen LogP contribution in [0, 0.1) is 0 Å². The number of nitrogens with zero attached hydrogens (tertiary/aromatic N) is 1. The minimum atomic E-state index is -0.415. The van der Waals surface area contributed by atoms with Crippen LogP contribution < -0.4 is 5.32 Å². The first kappa shape index (κ1) is 19.2. The third-order valence-corrected chi connectivity index (χ3v) is 3.96. The molecule has 1 unspecified atom stereocenters. The van der Waals surface area contributed by atoms with Crippen molar-refractivity contribution in [3.8, 4) is 0 Å². The molecule has 4 nitrogen and oxygen atoms in total. The second-order valence-electron chi connectivity index (χ2n) is 4.98. The molecule has 1 fully saturated rings. The number of thiophene rings is 1. The third-order valence-electron chi connectivity index (χ3n) is 3.13. The molecule has 1 N–H and O–H groups in total. The van der Waals surface area contributed by atoms with Crippen LogP contribution in [-0.4, -0.2) is 37.2 Å². The van der Waals surface area contributed by atoms with Gasteiger partial charge in [-0.1, -0.05) is 32.6 Å². The van der Waals surface area contributed by atoms with Crippen LogP contribution >= 0.6 is 11.3 Å². The highest BCUT2D eigenvalue weighted by atomic mass is 32.1. The Labute approximate surface area is 143 Å². The van der Waals surface area contributed by atoms with Crippen LogP contribution in [0.5, 0.6) is 0 Å². The van der Waals surface area contributed by atoms with Crippen molar-refractivity contribution >= 4 is 23.5 Å². The summed E-state index contributed by atoms with van der Waals surface area (Å²) in [6, 6.07) is 4.04. The molecule has 1 aliphatic heterocycles. The SMILES string of the molecule is C=C(/C=C\NC(=O)OC1CCN(C)C1)/C=C/c1cccs1.CC. The van der Waals surface area contributed by atoms with E-state index >= 15 is 0 Å². The van der Waals surface area contributed by atoms with Gasteiger partial charge in [0.05, 0.1) is 0 Å². The van der Waals surface area contributed by atoms with Crippen molar-refractivity contribution in [2.24, 2.45) is 0 Å². The Morgan fingerprint density at radius 3 is 2.87 bits per heavy atom. The number of carbonyl (C=O) groups is 1. The Balaban J connectivity index is 0.00000127. The average Bonchev–Trinajstić information content (AvgIpc) is 3.19. The van der Waals surface area contributed by atoms with E-state index in [0.29, 0.717) is 0 Å². The van der Waals surface area contributed by atoms with Gasteiger partial charge in [-0.15, -0.1) is 11.3 Å². The predicted octanol–water partition coefficient (Wildman–Crippen LogP) is 4.29. The first-order valence-electron chi connectivity index (χ1n) is 7.86. The smallest absolute Gasteiger partial charge is 0.411 e. The number of nitrogens with one attached hydrogen (secondary N) is 1. The summed E-state index contributed by atoms with van der Waals surface area (Å²) < 4.78 is 5.29. The van der Waals surface area contributed by atoms with E-state index in [1.165, 1.54) is 4.88 Å². The molecule has 2 rings (SSSR count). The van der Waals surface area contributed by atoms with Gasteiger partial charge >= 0.3 is 6.09 Å². The van der Waals surface area contributed by atoms with Crippen molar-refractivity contribution in [1.82, 2.24) is 10.2 Å². The first-order valence-corrected chi connectivity index (χ1v) is 8.74. The molecule has 0 aromatic carbocycles. The van der Waals surface area contributed by atoms with Crippen molar-refractivity contribution in [2.75, 3.05) is 20.1 Å². The van der Waals surface area contributed by atoms with E-state index in [1.54, 1.807) is 23.6 Å². The summed E-state index contributed by atoms with van der Waals surface area (Å²) in [4.78, 5) is 14.9. The Morgan fingerprint density at radius 1 is 1.48 bits per heavy atom. The zero-order valence-electron chi connectivity index (χ0n) is 14.1. The van der Waals surface area contributed by atoms with Crippen molar-refractivity contribution in [1.29, 1.82) is 0 Å². The predicted molar refractivity (Wildman–Crippen MR) is 98.5 cm³/mol. The van der Waals surface area contributed by atoms with E-state index in [4.69, 9.17) is 4.74 Å². The molecule has 2 heterocycles. The maximum atomic E-state index is 11.6. The van der Waals surface area contributed by atoms with Crippen LogP contribution in [0.1, 0.15) is 25.1 Å². The molecule has 1 aromatic heterocycles. The van der Waals surface area contributed by atoms with Crippen LogP contribution in [0.15, 0.2) is 48.0 Å². The van der Waals surface area contributed by atoms with Gasteiger partial charge in [-0.3, -0.25) is 5.32 Å². The summed E-state index contributed by atoms with van der Waals surface area (Å²) >= 11 is 1.67. The van der Waals surface area contributed by atoms with Crippen molar-refractivity contribution in [3.63, 3.8) is 0 Å². The molecule has 1 atom stereocenters. The number of ether oxygens (including phenoxy) is 1. The molecule has 23 heavy (non-hydrogen) atoms. The maximum Gasteiger partial charge on any atom is 0.411 e. The van der Waals surface area contributed by atoms with E-state index in [2.05, 4.69) is 16.8 Å². The van der Waals surface area contributed by atoms with Crippen LogP contribution in [0.25, 0.3) is 6.08 Å². The molecule has 0 radical (unpaired) electrons. The summed E-state index contributed by atoms with van der Waals surface area (Å²) in [6.45, 7) is 9.67. The molecule has 1 amide bonds. The largest absolute Gasteiger partial charge is 0.445 e. The number of carbonyl (C=O) groups excluding carboxylic acids is 1. The second kappa shape index (κ2) is 10.8. The Bertz CT molecular complexity index is 535. The maximum absolute atomic E-state index is 11.6. The molecule has 1 saturated heterocycles. The molecule has 126 valence electrons. The fourth-order valence-electron chi connectivity index (χ4n) is 2.02. The Kier molecular flexibility index (Phi) is 9.02. The lowest BCUT2D eigenvalue weighted by atomic mass is 10.2. The van der Waals surface area contributed by atoms with Gasteiger partial charge in [0.25, 0.3) is 0 Å². The highest BCUT2D eigenvalue weighted by Crippen LogP contribution is 2.12. The van der Waals surface area contributed by atoms with E-state index in [0.717, 1.165) is 25.1 Å². The molecule has 0 aliphatic carbocycles. The second-order valence-corrected chi connectivity index (χ2v) is 5.96. The van der Waals surface area contributed by atoms with Crippen LogP contribution in [0.3, 0.4) is 0 Å². The van der Waals surface area contributed by atoms with Gasteiger partial charge in [0.15, 0.2) is 0 Å². The van der Waals surface area contributed by atoms with Crippen molar-refractivity contribution < 1.29 is 9.53 Å². The average molecular weight is 334 g/mol. The van der Waals surface area contributed by atoms with Gasteiger partial charge < -0.3 is 9.64 Å². The third kappa shape index (κ3) is 7.81. The normalized spacial score (nSPS) is 18.0. The minimum absolute atomic E-state index is 0.00896. The fraction of sp³-hybridized carbons (Fsp3) is 0.389. The Morgan fingerprint density at radius 2 is 2.26 bits per heavy atom. The standard InChI is InChI=1S/C16H20N2O2S.C2H6/c1-13(5-6-15-4-3-11-21-15)7-9-17-16(19)20-14-8-10-18(2)12-14;1-2/h3-7,9,11,14H,1,8,10,12H2,2H3,(H,17,19);1-2H3/b6-5+,9-7-;. The molecule has 1 aliphatic rings. The van der Waals surface area contributed by atoms with E-state index in [9.17, 15) is 4.79 Å². The number of alkyl carbamates (subject to hydrolysis) is 1. The van der Waals surface area contributed by atoms with Crippen molar-refractivity contribution in [3.05, 3.63) is 52.9 Å². The van der Waals surface area contributed by atoms with Crippen LogP contribution in [0.4, 0.5) is 4.79 Å². The quantitative estimate of drug-likeness (QED) is 0.817. The highest BCUT2D eigenvalue weighted by Gasteiger charge is 2.22. The van der Waals surface area contributed by atoms with Gasteiger partial charge in [-0.25, -0.2) is 4.79 Å². The first-order chi connectivity index (χ1) is 11.1. The number of hydrogen-bond acceptors (Lipinski definition) is 4. The molecule has 5 heteroatoms. The number of likely N-dealkylation sites (tertiary alicyclic amines) is 1. The van der Waals surface area contributed by atoms with Gasteiger partial charge in [0, 0.05) is 24.2 Å². The summed E-state index contributed by atoms with van der Waals surface area (Å²) in [5, 5.41) is 4.62.